The SMILES string of the molecule is CC(C)OC(=O)[C@H](C)N[P@](=O)(OC[C@H]1O[C@@H](n2ccc(=O)[nH]c2=O)[C@](Cl)(Br)[C@@H]1OC(=O)[C@@H](NC(=O)OC(C)(C)C)C(C)C)Oc1ccccc1. The highest BCUT2D eigenvalue weighted by Gasteiger charge is 2.59. The standard InChI is InChI=1S/C31H43BrClN4O12P/c1-17(2)23(35-29(42)48-30(6,7)8)26(40)47-24-21(46-27(31(24,32)33)37-15-14-22(38)34-28(37)41)16-44-50(43,49-20-12-10-9-11-13-20)36-19(5)25(39)45-18(3)4/h9-15,17-19,21,23-24,27H,16H2,1-8H3,(H,35,42)(H,36,43)(H,34,38,41)/t19-,21+,23-,24+,27+,31-,50-/m0/s1. The number of aromatic nitrogens is 2. The highest BCUT2D eigenvalue weighted by molar-refractivity contribution is 9.10. The highest BCUT2D eigenvalue weighted by atomic mass is 79.9. The van der Waals surface area contributed by atoms with E-state index in [1.165, 1.54) is 19.1 Å². The van der Waals surface area contributed by atoms with E-state index in [9.17, 15) is 28.5 Å². The van der Waals surface area contributed by atoms with E-state index in [1.807, 2.05) is 0 Å². The number of nitrogens with one attached hydrogen (secondary N) is 3. The first-order chi connectivity index (χ1) is 23.1. The van der Waals surface area contributed by atoms with Gasteiger partial charge in [0.05, 0.1) is 12.7 Å². The molecule has 278 valence electrons. The summed E-state index contributed by atoms with van der Waals surface area (Å²) in [5.74, 6) is -2.06. The number of carbonyl (C=O) groups excluding carboxylic acids is 3. The first-order valence-electron chi connectivity index (χ1n) is 15.6. The molecule has 7 atom stereocenters. The van der Waals surface area contributed by atoms with E-state index >= 15 is 0 Å². The summed E-state index contributed by atoms with van der Waals surface area (Å²) in [6, 6.07) is 6.62. The fraction of sp³-hybridized carbons (Fsp3) is 0.581. The number of hydrogen-bond donors (Lipinski definition) is 3. The Morgan fingerprint density at radius 3 is 2.28 bits per heavy atom. The maximum absolute atomic E-state index is 14.2. The Balaban J connectivity index is 1.98. The van der Waals surface area contributed by atoms with E-state index in [1.54, 1.807) is 66.7 Å². The van der Waals surface area contributed by atoms with Gasteiger partial charge in [-0.25, -0.2) is 18.9 Å². The Bertz CT molecular complexity index is 1660. The molecule has 2 heterocycles. The first-order valence-corrected chi connectivity index (χ1v) is 18.4. The van der Waals surface area contributed by atoms with Crippen LogP contribution in [0.3, 0.4) is 0 Å². The molecule has 0 unspecified atom stereocenters. The summed E-state index contributed by atoms with van der Waals surface area (Å²) in [4.78, 5) is 65.5. The smallest absolute Gasteiger partial charge is 0.459 e. The van der Waals surface area contributed by atoms with Crippen molar-refractivity contribution in [1.82, 2.24) is 20.0 Å². The molecule has 1 saturated heterocycles. The number of H-pyrrole nitrogens is 1. The summed E-state index contributed by atoms with van der Waals surface area (Å²) in [5, 5.41) is 5.05. The van der Waals surface area contributed by atoms with Crippen LogP contribution in [0.15, 0.2) is 52.2 Å². The number of para-hydroxylation sites is 1. The molecule has 0 saturated carbocycles. The number of amides is 1. The average molecular weight is 810 g/mol. The molecule has 3 rings (SSSR count). The molecular weight excluding hydrogens is 767 g/mol. The maximum Gasteiger partial charge on any atom is 0.459 e. The van der Waals surface area contributed by atoms with Crippen LogP contribution in [0.5, 0.6) is 5.75 Å². The fourth-order valence-electron chi connectivity index (χ4n) is 4.50. The van der Waals surface area contributed by atoms with Gasteiger partial charge in [0.15, 0.2) is 16.1 Å². The normalized spacial score (nSPS) is 23.1. The number of ether oxygens (including phenoxy) is 4. The molecule has 1 aromatic carbocycles. The monoisotopic (exact) mass is 808 g/mol. The molecule has 0 aliphatic carbocycles. The Hall–Kier alpha value is -3.21. The predicted molar refractivity (Wildman–Crippen MR) is 185 cm³/mol. The molecule has 0 radical (unpaired) electrons. The van der Waals surface area contributed by atoms with Crippen molar-refractivity contribution >= 4 is 53.3 Å². The zero-order valence-electron chi connectivity index (χ0n) is 28.8. The molecule has 1 aliphatic rings. The lowest BCUT2D eigenvalue weighted by Gasteiger charge is -2.30. The molecule has 0 bridgehead atoms. The minimum Gasteiger partial charge on any atom is -0.462 e. The number of hydrogen-bond acceptors (Lipinski definition) is 12. The van der Waals surface area contributed by atoms with Crippen LogP contribution in [0.4, 0.5) is 4.79 Å². The summed E-state index contributed by atoms with van der Waals surface area (Å²) >= 11 is 10.3. The highest BCUT2D eigenvalue weighted by Crippen LogP contribution is 2.51. The summed E-state index contributed by atoms with van der Waals surface area (Å²) in [7, 11) is -4.45. The Kier molecular flexibility index (Phi) is 13.9. The number of benzene rings is 1. The van der Waals surface area contributed by atoms with Crippen LogP contribution in [0.1, 0.15) is 61.6 Å². The van der Waals surface area contributed by atoms with E-state index in [0.29, 0.717) is 0 Å². The Morgan fingerprint density at radius 1 is 1.08 bits per heavy atom. The number of halogens is 2. The van der Waals surface area contributed by atoms with Gasteiger partial charge in [-0.1, -0.05) is 59.6 Å². The van der Waals surface area contributed by atoms with E-state index in [-0.39, 0.29) is 5.75 Å². The second kappa shape index (κ2) is 16.9. The average Bonchev–Trinajstić information content (AvgIpc) is 3.22. The van der Waals surface area contributed by atoms with E-state index in [2.05, 4.69) is 31.3 Å². The van der Waals surface area contributed by atoms with Crippen LogP contribution in [-0.2, 0) is 37.6 Å². The lowest BCUT2D eigenvalue weighted by atomic mass is 10.0. The molecule has 1 aliphatic heterocycles. The predicted octanol–water partition coefficient (Wildman–Crippen LogP) is 4.36. The Labute approximate surface area is 302 Å². The first kappa shape index (κ1) is 41.2. The lowest BCUT2D eigenvalue weighted by molar-refractivity contribution is -0.157. The second-order valence-corrected chi connectivity index (χ2v) is 17.1. The molecular formula is C31H43BrClN4O12P. The third-order valence-electron chi connectivity index (χ3n) is 6.72. The van der Waals surface area contributed by atoms with Gasteiger partial charge in [0.25, 0.3) is 5.56 Å². The molecule has 3 N–H and O–H groups in total. The summed E-state index contributed by atoms with van der Waals surface area (Å²) < 4.78 is 47.2. The molecule has 0 spiro atoms. The van der Waals surface area contributed by atoms with Gasteiger partial charge >= 0.3 is 31.5 Å². The number of nitrogens with zero attached hydrogens (tertiary/aromatic N) is 1. The van der Waals surface area contributed by atoms with Crippen LogP contribution in [0.2, 0.25) is 0 Å². The van der Waals surface area contributed by atoms with Crippen molar-refractivity contribution in [2.75, 3.05) is 6.61 Å². The van der Waals surface area contributed by atoms with Crippen LogP contribution in [0.25, 0.3) is 0 Å². The second-order valence-electron chi connectivity index (χ2n) is 13.0. The van der Waals surface area contributed by atoms with Gasteiger partial charge in [-0.3, -0.25) is 23.7 Å². The quantitative estimate of drug-likeness (QED) is 0.105. The molecule has 1 aromatic heterocycles. The van der Waals surface area contributed by atoms with Crippen molar-refractivity contribution in [2.24, 2.45) is 5.92 Å². The van der Waals surface area contributed by atoms with Crippen molar-refractivity contribution in [3.63, 3.8) is 0 Å². The number of aromatic amines is 1. The van der Waals surface area contributed by atoms with Gasteiger partial charge in [-0.15, -0.1) is 0 Å². The number of rotatable bonds is 14. The maximum atomic E-state index is 14.2. The minimum absolute atomic E-state index is 0.126. The van der Waals surface area contributed by atoms with Crippen molar-refractivity contribution in [3.05, 3.63) is 63.4 Å². The number of carbonyl (C=O) groups is 3. The van der Waals surface area contributed by atoms with Crippen LogP contribution < -0.4 is 26.2 Å². The van der Waals surface area contributed by atoms with Crippen molar-refractivity contribution in [2.45, 2.75) is 101 Å². The van der Waals surface area contributed by atoms with Crippen molar-refractivity contribution in [1.29, 1.82) is 0 Å². The molecule has 50 heavy (non-hydrogen) atoms. The third-order valence-corrected chi connectivity index (χ3v) is 9.61. The van der Waals surface area contributed by atoms with Crippen LogP contribution in [-0.4, -0.2) is 74.0 Å². The van der Waals surface area contributed by atoms with Crippen LogP contribution >= 0.6 is 35.3 Å². The van der Waals surface area contributed by atoms with Gasteiger partial charge in [-0.05, 0) is 59.6 Å². The van der Waals surface area contributed by atoms with Gasteiger partial charge in [-0.2, -0.15) is 5.09 Å². The zero-order valence-corrected chi connectivity index (χ0v) is 32.1. The van der Waals surface area contributed by atoms with E-state index in [4.69, 9.17) is 39.6 Å². The fourth-order valence-corrected chi connectivity index (χ4v) is 7.06. The third kappa shape index (κ3) is 11.4. The summed E-state index contributed by atoms with van der Waals surface area (Å²) in [6.07, 6.45) is -4.54. The summed E-state index contributed by atoms with van der Waals surface area (Å²) in [6.45, 7) is 12.3. The van der Waals surface area contributed by atoms with Gasteiger partial charge in [0.1, 0.15) is 29.5 Å². The zero-order chi connectivity index (χ0) is 37.6. The van der Waals surface area contributed by atoms with Gasteiger partial charge in [0, 0.05) is 12.3 Å². The largest absolute Gasteiger partial charge is 0.462 e. The van der Waals surface area contributed by atoms with Crippen molar-refractivity contribution < 1.29 is 46.9 Å². The molecule has 16 nitrogen and oxygen atoms in total. The molecule has 1 amide bonds. The lowest BCUT2D eigenvalue weighted by Crippen LogP contribution is -2.51. The number of alkyl halides is 2. The van der Waals surface area contributed by atoms with Gasteiger partial charge < -0.3 is 28.8 Å². The molecule has 1 fully saturated rings. The number of alkyl carbamates (subject to hydrolysis) is 1. The summed E-state index contributed by atoms with van der Waals surface area (Å²) in [5.41, 5.74) is -2.45. The van der Waals surface area contributed by atoms with Crippen molar-refractivity contribution in [3.8, 4) is 5.75 Å². The number of esters is 2. The van der Waals surface area contributed by atoms with E-state index < -0.39 is 95.6 Å². The van der Waals surface area contributed by atoms with Gasteiger partial charge in [0.2, 0.25) is 0 Å². The Morgan fingerprint density at radius 2 is 1.72 bits per heavy atom. The topological polar surface area (TPSA) is 203 Å². The molecule has 19 heteroatoms. The molecule has 2 aromatic rings. The minimum atomic E-state index is -4.45. The van der Waals surface area contributed by atoms with Crippen LogP contribution in [0, 0.1) is 5.92 Å². The van der Waals surface area contributed by atoms with E-state index in [0.717, 1.165) is 16.8 Å².